The number of hydrogen-bond donors (Lipinski definition) is 1. The Kier molecular flexibility index (Phi) is 8.03. The molecule has 0 amide bonds. The number of halogens is 1. The molecule has 0 aliphatic carbocycles. The van der Waals surface area contributed by atoms with Gasteiger partial charge < -0.3 is 15.0 Å². The third kappa shape index (κ3) is 5.62. The van der Waals surface area contributed by atoms with E-state index in [4.69, 9.17) is 4.74 Å². The predicted molar refractivity (Wildman–Crippen MR) is 133 cm³/mol. The predicted octanol–water partition coefficient (Wildman–Crippen LogP) is 3.65. The van der Waals surface area contributed by atoms with Gasteiger partial charge in [-0.2, -0.15) is 5.10 Å². The van der Waals surface area contributed by atoms with E-state index in [9.17, 15) is 0 Å². The first kappa shape index (κ1) is 23.2. The summed E-state index contributed by atoms with van der Waals surface area (Å²) in [5, 5.41) is 7.74. The van der Waals surface area contributed by atoms with Crippen molar-refractivity contribution in [3.8, 4) is 5.82 Å². The SMILES string of the molecule is CN=C(NCc1ccnc(-n2cccn2)c1)N1CCOC(c2ccc(C)cc2C)C1.I. The summed E-state index contributed by atoms with van der Waals surface area (Å²) in [5.41, 5.74) is 4.91. The normalized spacial score (nSPS) is 16.7. The molecule has 3 aromatic rings. The first-order valence-electron chi connectivity index (χ1n) is 10.2. The average Bonchev–Trinajstić information content (AvgIpc) is 3.30. The number of guanidine groups is 1. The number of ether oxygens (including phenoxy) is 1. The van der Waals surface area contributed by atoms with Crippen LogP contribution < -0.4 is 5.32 Å². The van der Waals surface area contributed by atoms with Crippen LogP contribution in [-0.2, 0) is 11.3 Å². The highest BCUT2D eigenvalue weighted by atomic mass is 127. The van der Waals surface area contributed by atoms with Crippen LogP contribution in [0.4, 0.5) is 0 Å². The molecule has 1 atom stereocenters. The van der Waals surface area contributed by atoms with Crippen molar-refractivity contribution in [2.75, 3.05) is 26.7 Å². The smallest absolute Gasteiger partial charge is 0.194 e. The van der Waals surface area contributed by atoms with Crippen LogP contribution >= 0.6 is 24.0 Å². The van der Waals surface area contributed by atoms with E-state index in [1.165, 1.54) is 16.7 Å². The van der Waals surface area contributed by atoms with Crippen LogP contribution in [0, 0.1) is 13.8 Å². The van der Waals surface area contributed by atoms with Gasteiger partial charge in [-0.1, -0.05) is 23.8 Å². The molecule has 1 aliphatic rings. The molecule has 0 radical (unpaired) electrons. The number of nitrogens with one attached hydrogen (secondary N) is 1. The second kappa shape index (κ2) is 10.7. The summed E-state index contributed by atoms with van der Waals surface area (Å²) in [6.45, 7) is 7.20. The summed E-state index contributed by atoms with van der Waals surface area (Å²) in [6.07, 6.45) is 5.49. The van der Waals surface area contributed by atoms with Crippen LogP contribution in [0.5, 0.6) is 0 Å². The van der Waals surface area contributed by atoms with Crippen LogP contribution in [0.2, 0.25) is 0 Å². The van der Waals surface area contributed by atoms with Crippen molar-refractivity contribution < 1.29 is 4.74 Å². The number of nitrogens with zero attached hydrogens (tertiary/aromatic N) is 5. The van der Waals surface area contributed by atoms with E-state index in [0.717, 1.165) is 30.4 Å². The number of aromatic nitrogens is 3. The van der Waals surface area contributed by atoms with Crippen molar-refractivity contribution in [1.82, 2.24) is 25.0 Å². The number of aliphatic imine (C=N–C) groups is 1. The molecule has 31 heavy (non-hydrogen) atoms. The monoisotopic (exact) mass is 532 g/mol. The quantitative estimate of drug-likeness (QED) is 0.316. The first-order chi connectivity index (χ1) is 14.6. The summed E-state index contributed by atoms with van der Waals surface area (Å²) < 4.78 is 7.85. The fourth-order valence-electron chi connectivity index (χ4n) is 3.83. The third-order valence-corrected chi connectivity index (χ3v) is 5.35. The molecule has 0 bridgehead atoms. The number of rotatable bonds is 4. The highest BCUT2D eigenvalue weighted by molar-refractivity contribution is 14.0. The van der Waals surface area contributed by atoms with E-state index in [1.807, 2.05) is 37.6 Å². The van der Waals surface area contributed by atoms with E-state index < -0.39 is 0 Å². The Morgan fingerprint density at radius 2 is 2.10 bits per heavy atom. The third-order valence-electron chi connectivity index (χ3n) is 5.35. The molecule has 7 nitrogen and oxygen atoms in total. The van der Waals surface area contributed by atoms with Gasteiger partial charge in [-0.15, -0.1) is 24.0 Å². The molecular formula is C23H29IN6O. The maximum atomic E-state index is 6.09. The molecule has 0 spiro atoms. The number of benzene rings is 1. The molecule has 2 aromatic heterocycles. The van der Waals surface area contributed by atoms with Gasteiger partial charge in [0.05, 0.1) is 13.2 Å². The Bertz CT molecular complexity index is 1020. The standard InChI is InChI=1S/C23H28N6O.HI/c1-17-5-6-20(18(2)13-17)21-16-28(11-12-30-21)23(24-3)26-15-19-7-9-25-22(14-19)29-10-4-8-27-29;/h4-10,13-14,21H,11-12,15-16H2,1-3H3,(H,24,26);1H. The topological polar surface area (TPSA) is 67.6 Å². The van der Waals surface area contributed by atoms with Crippen molar-refractivity contribution >= 4 is 29.9 Å². The van der Waals surface area contributed by atoms with Crippen molar-refractivity contribution in [1.29, 1.82) is 0 Å². The van der Waals surface area contributed by atoms with E-state index in [0.29, 0.717) is 13.2 Å². The second-order valence-electron chi connectivity index (χ2n) is 7.54. The number of morpholine rings is 1. The van der Waals surface area contributed by atoms with Crippen LogP contribution in [0.3, 0.4) is 0 Å². The molecule has 1 aliphatic heterocycles. The zero-order valence-corrected chi connectivity index (χ0v) is 20.5. The van der Waals surface area contributed by atoms with Gasteiger partial charge in [-0.3, -0.25) is 4.99 Å². The van der Waals surface area contributed by atoms with Gasteiger partial charge in [0.2, 0.25) is 0 Å². The zero-order chi connectivity index (χ0) is 20.9. The minimum Gasteiger partial charge on any atom is -0.370 e. The fourth-order valence-corrected chi connectivity index (χ4v) is 3.83. The molecular weight excluding hydrogens is 503 g/mol. The Balaban J connectivity index is 0.00000272. The Morgan fingerprint density at radius 1 is 1.23 bits per heavy atom. The van der Waals surface area contributed by atoms with Crippen molar-refractivity contribution in [3.05, 3.63) is 77.2 Å². The molecule has 4 rings (SSSR count). The van der Waals surface area contributed by atoms with Crippen LogP contribution in [-0.4, -0.2) is 52.4 Å². The van der Waals surface area contributed by atoms with Crippen LogP contribution in [0.15, 0.2) is 60.0 Å². The largest absolute Gasteiger partial charge is 0.370 e. The Labute approximate surface area is 200 Å². The molecule has 1 N–H and O–H groups in total. The van der Waals surface area contributed by atoms with Crippen LogP contribution in [0.25, 0.3) is 5.82 Å². The highest BCUT2D eigenvalue weighted by Crippen LogP contribution is 2.26. The second-order valence-corrected chi connectivity index (χ2v) is 7.54. The lowest BCUT2D eigenvalue weighted by atomic mass is 10.00. The van der Waals surface area contributed by atoms with E-state index in [1.54, 1.807) is 10.9 Å². The van der Waals surface area contributed by atoms with Crippen molar-refractivity contribution in [2.45, 2.75) is 26.5 Å². The molecule has 1 saturated heterocycles. The molecule has 0 saturated carbocycles. The van der Waals surface area contributed by atoms with Gasteiger partial charge in [0.15, 0.2) is 11.8 Å². The lowest BCUT2D eigenvalue weighted by molar-refractivity contribution is -0.00834. The number of pyridine rings is 1. The molecule has 8 heteroatoms. The van der Waals surface area contributed by atoms with E-state index >= 15 is 0 Å². The Hall–Kier alpha value is -2.46. The lowest BCUT2D eigenvalue weighted by Gasteiger charge is -2.36. The highest BCUT2D eigenvalue weighted by Gasteiger charge is 2.25. The minimum atomic E-state index is 0. The first-order valence-corrected chi connectivity index (χ1v) is 10.2. The lowest BCUT2D eigenvalue weighted by Crippen LogP contribution is -2.48. The van der Waals surface area contributed by atoms with Crippen LogP contribution in [0.1, 0.15) is 28.4 Å². The van der Waals surface area contributed by atoms with Gasteiger partial charge in [0, 0.05) is 38.7 Å². The molecule has 1 unspecified atom stereocenters. The maximum Gasteiger partial charge on any atom is 0.194 e. The van der Waals surface area contributed by atoms with Gasteiger partial charge >= 0.3 is 0 Å². The molecule has 1 aromatic carbocycles. The summed E-state index contributed by atoms with van der Waals surface area (Å²) in [6, 6.07) is 12.5. The van der Waals surface area contributed by atoms with Gasteiger partial charge in [-0.05, 0) is 48.7 Å². The summed E-state index contributed by atoms with van der Waals surface area (Å²) in [4.78, 5) is 11.2. The summed E-state index contributed by atoms with van der Waals surface area (Å²) >= 11 is 0. The van der Waals surface area contributed by atoms with Gasteiger partial charge in [0.25, 0.3) is 0 Å². The summed E-state index contributed by atoms with van der Waals surface area (Å²) in [5.74, 6) is 1.68. The van der Waals surface area contributed by atoms with Gasteiger partial charge in [0.1, 0.15) is 6.10 Å². The van der Waals surface area contributed by atoms with Crippen molar-refractivity contribution in [3.63, 3.8) is 0 Å². The fraction of sp³-hybridized carbons (Fsp3) is 0.348. The zero-order valence-electron chi connectivity index (χ0n) is 18.2. The summed E-state index contributed by atoms with van der Waals surface area (Å²) in [7, 11) is 1.83. The van der Waals surface area contributed by atoms with E-state index in [2.05, 4.69) is 57.3 Å². The molecule has 164 valence electrons. The van der Waals surface area contributed by atoms with E-state index in [-0.39, 0.29) is 30.1 Å². The average molecular weight is 532 g/mol. The number of hydrogen-bond acceptors (Lipinski definition) is 4. The molecule has 3 heterocycles. The maximum absolute atomic E-state index is 6.09. The molecule has 1 fully saturated rings. The number of aryl methyl sites for hydroxylation is 2. The Morgan fingerprint density at radius 3 is 2.84 bits per heavy atom. The van der Waals surface area contributed by atoms with Crippen molar-refractivity contribution in [2.24, 2.45) is 4.99 Å². The minimum absolute atomic E-state index is 0. The van der Waals surface area contributed by atoms with Gasteiger partial charge in [-0.25, -0.2) is 9.67 Å².